The van der Waals surface area contributed by atoms with Crippen molar-refractivity contribution in [3.63, 3.8) is 0 Å². The number of fused-ring (bicyclic) bond motifs is 2. The van der Waals surface area contributed by atoms with Crippen molar-refractivity contribution in [3.8, 4) is 22.5 Å². The zero-order valence-electron chi connectivity index (χ0n) is 20.4. The van der Waals surface area contributed by atoms with Gasteiger partial charge in [-0.05, 0) is 36.2 Å². The summed E-state index contributed by atoms with van der Waals surface area (Å²) in [4.78, 5) is 11.7. The van der Waals surface area contributed by atoms with E-state index in [0.29, 0.717) is 16.9 Å². The molecule has 0 amide bonds. The molecule has 2 aromatic carbocycles. The molecule has 0 aromatic heterocycles. The number of rotatable bonds is 2. The van der Waals surface area contributed by atoms with E-state index in [4.69, 9.17) is 4.42 Å². The van der Waals surface area contributed by atoms with Crippen LogP contribution < -0.4 is 160 Å². The minimum absolute atomic E-state index is 0. The Balaban J connectivity index is -0.000000327. The van der Waals surface area contributed by atoms with Crippen LogP contribution in [0.1, 0.15) is 15.9 Å². The molecule has 0 atom stereocenters. The average Bonchev–Trinajstić information content (AvgIpc) is 2.59. The second-order valence-corrected chi connectivity index (χ2v) is 6.01. The van der Waals surface area contributed by atoms with Crippen LogP contribution in [-0.2, 0) is 37.1 Å². The Morgan fingerprint density at radius 3 is 2.06 bits per heavy atom. The van der Waals surface area contributed by atoms with Crippen LogP contribution in [0.4, 0.5) is 0 Å². The molecule has 0 saturated carbocycles. The minimum Gasteiger partial charge on any atom is -0.804 e. The fourth-order valence-electron chi connectivity index (χ4n) is 3.16. The van der Waals surface area contributed by atoms with E-state index >= 15 is 0 Å². The van der Waals surface area contributed by atoms with Crippen molar-refractivity contribution < 1.29 is 206 Å². The van der Waals surface area contributed by atoms with Crippen LogP contribution >= 0.6 is 0 Å². The van der Waals surface area contributed by atoms with Crippen LogP contribution in [0.2, 0.25) is 0 Å². The standard InChI is InChI=1S/C21H14NO3.3CH3.3K.2V/c1-12-6-8-16-18(10-12)25-19-11-13(22)7-9-17(19)20(16)14-4-2-3-5-15(14)21(23)24;;;;;;;;/h2-11H,1H3,(H,23,24);3*1H3;;;;;/q4*-1;3*+1;;. The topological polar surface area (TPSA) is 72.7 Å². The predicted octanol–water partition coefficient (Wildman–Crippen LogP) is -2.96. The smallest absolute Gasteiger partial charge is 0.804 e. The minimum atomic E-state index is -0.983. The summed E-state index contributed by atoms with van der Waals surface area (Å²) < 4.78 is 5.96. The third kappa shape index (κ3) is 10.4. The molecule has 2 aromatic rings. The maximum absolute atomic E-state index is 11.7. The molecular weight excluding hydrogens is 569 g/mol. The molecule has 0 fully saturated rings. The van der Waals surface area contributed by atoms with Gasteiger partial charge in [-0.15, -0.1) is 0 Å². The molecule has 1 aliphatic carbocycles. The SMILES string of the molecule is Cc1ccc2c(-c3ccccc3C(=O)O)c3ccc(=[N-])cc-3oc2c1.[CH3-].[CH3-].[CH3-].[K+].[K+].[K+].[V].[V]. The molecule has 0 unspecified atom stereocenters. The first-order valence-corrected chi connectivity index (χ1v) is 7.86. The van der Waals surface area contributed by atoms with Gasteiger partial charge in [-0.2, -0.15) is 5.36 Å². The van der Waals surface area contributed by atoms with Gasteiger partial charge in [-0.25, -0.2) is 4.79 Å². The van der Waals surface area contributed by atoms with E-state index in [1.165, 1.54) is 0 Å². The average molecular weight is 593 g/mol. The number of hydrogen-bond donors (Lipinski definition) is 1. The Morgan fingerprint density at radius 1 is 0.848 bits per heavy atom. The van der Waals surface area contributed by atoms with E-state index in [1.807, 2.05) is 31.2 Å². The van der Waals surface area contributed by atoms with E-state index in [-0.39, 0.29) is 224 Å². The van der Waals surface area contributed by atoms with Gasteiger partial charge in [0.05, 0.1) is 5.56 Å². The molecule has 1 N–H and O–H groups in total. The summed E-state index contributed by atoms with van der Waals surface area (Å²) in [5, 5.41) is 20.3. The summed E-state index contributed by atoms with van der Waals surface area (Å²) in [6.07, 6.45) is 0. The third-order valence-electron chi connectivity index (χ3n) is 4.29. The Bertz CT molecular complexity index is 1180. The molecule has 4 nitrogen and oxygen atoms in total. The summed E-state index contributed by atoms with van der Waals surface area (Å²) in [5.74, 6) is -0.475. The number of carboxylic acids is 1. The quantitative estimate of drug-likeness (QED) is 0.154. The number of carbonyl (C=O) groups is 1. The van der Waals surface area contributed by atoms with E-state index < -0.39 is 5.97 Å². The molecule has 33 heavy (non-hydrogen) atoms. The van der Waals surface area contributed by atoms with E-state index in [1.54, 1.807) is 36.4 Å². The second-order valence-electron chi connectivity index (χ2n) is 6.01. The maximum Gasteiger partial charge on any atom is 1.00 e. The first-order valence-electron chi connectivity index (χ1n) is 7.86. The molecule has 1 aliphatic heterocycles. The van der Waals surface area contributed by atoms with Crippen molar-refractivity contribution in [2.24, 2.45) is 0 Å². The van der Waals surface area contributed by atoms with E-state index in [0.717, 1.165) is 22.1 Å². The van der Waals surface area contributed by atoms with Gasteiger partial charge in [0.1, 0.15) is 11.3 Å². The van der Waals surface area contributed by atoms with Crippen molar-refractivity contribution in [1.82, 2.24) is 0 Å². The number of aromatic carboxylic acids is 1. The maximum atomic E-state index is 11.7. The molecule has 9 heteroatoms. The zero-order chi connectivity index (χ0) is 17.6. The van der Waals surface area contributed by atoms with Crippen molar-refractivity contribution in [1.29, 1.82) is 0 Å². The molecule has 0 bridgehead atoms. The van der Waals surface area contributed by atoms with Crippen LogP contribution in [0.3, 0.4) is 0 Å². The number of hydrogen-bond acceptors (Lipinski definition) is 2. The Morgan fingerprint density at radius 2 is 1.45 bits per heavy atom. The fourth-order valence-corrected chi connectivity index (χ4v) is 3.16. The van der Waals surface area contributed by atoms with Crippen LogP contribution in [0.15, 0.2) is 65.1 Å². The first kappa shape index (κ1) is 45.6. The van der Waals surface area contributed by atoms with Crippen molar-refractivity contribution in [3.05, 3.63) is 105 Å². The molecular formula is C24H23K3NO3V2-. The van der Waals surface area contributed by atoms with Crippen molar-refractivity contribution in [2.45, 2.75) is 6.92 Å². The van der Waals surface area contributed by atoms with E-state index in [9.17, 15) is 15.3 Å². The van der Waals surface area contributed by atoms with Gasteiger partial charge in [0, 0.05) is 53.6 Å². The van der Waals surface area contributed by atoms with Crippen molar-refractivity contribution >= 4 is 16.9 Å². The Kier molecular flexibility index (Phi) is 28.5. The van der Waals surface area contributed by atoms with Gasteiger partial charge >= 0.3 is 160 Å². The molecule has 4 rings (SSSR count). The summed E-state index contributed by atoms with van der Waals surface area (Å²) in [7, 11) is 0. The molecule has 0 spiro atoms. The summed E-state index contributed by atoms with van der Waals surface area (Å²) in [6, 6.07) is 17.6. The van der Waals surface area contributed by atoms with Gasteiger partial charge in [0.25, 0.3) is 0 Å². The number of benzene rings is 3. The van der Waals surface area contributed by atoms with E-state index in [2.05, 4.69) is 0 Å². The Hall–Kier alpha value is 2.68. The van der Waals surface area contributed by atoms with Crippen LogP contribution in [0.5, 0.6) is 0 Å². The first-order chi connectivity index (χ1) is 12.0. The van der Waals surface area contributed by atoms with Gasteiger partial charge < -0.3 is 37.2 Å². The fraction of sp³-hybridized carbons (Fsp3) is 0.0417. The molecule has 2 aliphatic rings. The second kappa shape index (κ2) is 20.6. The van der Waals surface area contributed by atoms with Gasteiger partial charge in [0.2, 0.25) is 0 Å². The Labute approximate surface area is 348 Å². The van der Waals surface area contributed by atoms with Crippen molar-refractivity contribution in [2.75, 3.05) is 0 Å². The monoisotopic (exact) mass is 592 g/mol. The molecule has 0 saturated heterocycles. The van der Waals surface area contributed by atoms with Gasteiger partial charge in [-0.1, -0.05) is 42.5 Å². The summed E-state index contributed by atoms with van der Waals surface area (Å²) in [6.45, 7) is 1.96. The largest absolute Gasteiger partial charge is 1.00 e. The number of aryl methyl sites for hydroxylation is 1. The van der Waals surface area contributed by atoms with Crippen LogP contribution in [-0.4, -0.2) is 11.1 Å². The third-order valence-corrected chi connectivity index (χ3v) is 4.29. The number of nitrogens with zero attached hydrogens (tertiary/aromatic N) is 1. The molecule has 2 radical (unpaired) electrons. The number of carboxylic acid groups (broad SMARTS) is 1. The summed E-state index contributed by atoms with van der Waals surface area (Å²) >= 11 is 0. The summed E-state index contributed by atoms with van der Waals surface area (Å²) in [5.41, 5.74) is 4.07. The normalized spacial score (nSPS) is 8.39. The van der Waals surface area contributed by atoms with Crippen LogP contribution in [0.25, 0.3) is 38.8 Å². The van der Waals surface area contributed by atoms with Gasteiger partial charge in [0.15, 0.2) is 0 Å². The van der Waals surface area contributed by atoms with Crippen LogP contribution in [0, 0.1) is 29.2 Å². The predicted molar refractivity (Wildman–Crippen MR) is 116 cm³/mol. The molecule has 156 valence electrons. The zero-order valence-corrected chi connectivity index (χ0v) is 32.5. The van der Waals surface area contributed by atoms with Gasteiger partial charge in [-0.3, -0.25) is 0 Å². The molecule has 1 heterocycles.